The first-order chi connectivity index (χ1) is 3.66. The lowest BCUT2D eigenvalue weighted by molar-refractivity contribution is 0.197. The number of hydrogen-bond donors (Lipinski definition) is 0. The minimum Gasteiger partial charge on any atom is -0.243 e. The van der Waals surface area contributed by atoms with Gasteiger partial charge in [-0.2, -0.15) is 0 Å². The average Bonchev–Trinajstić information content (AvgIpc) is 2.46. The van der Waals surface area contributed by atoms with Gasteiger partial charge in [0, 0.05) is 5.41 Å². The van der Waals surface area contributed by atoms with Crippen molar-refractivity contribution >= 4 is 0 Å². The van der Waals surface area contributed by atoms with Gasteiger partial charge in [-0.25, -0.2) is 4.39 Å². The van der Waals surface area contributed by atoms with E-state index in [2.05, 4.69) is 6.92 Å². The van der Waals surface area contributed by atoms with Gasteiger partial charge in [-0.3, -0.25) is 0 Å². The Hall–Kier alpha value is -0.0700. The summed E-state index contributed by atoms with van der Waals surface area (Å²) in [7, 11) is 0. The zero-order valence-electron chi connectivity index (χ0n) is 5.21. The molecule has 0 radical (unpaired) electrons. The lowest BCUT2D eigenvalue weighted by atomic mass is 10.0. The molecule has 0 spiro atoms. The molecule has 0 bridgehead atoms. The summed E-state index contributed by atoms with van der Waals surface area (Å²) in [4.78, 5) is 0. The summed E-state index contributed by atoms with van der Waals surface area (Å²) in [5.74, 6) is 0. The van der Waals surface area contributed by atoms with Gasteiger partial charge < -0.3 is 0 Å². The topological polar surface area (TPSA) is 0 Å². The summed E-state index contributed by atoms with van der Waals surface area (Å²) >= 11 is 0. The van der Waals surface area contributed by atoms with Crippen molar-refractivity contribution < 1.29 is 4.39 Å². The molecule has 0 aromatic carbocycles. The Morgan fingerprint density at radius 1 is 1.12 bits per heavy atom. The van der Waals surface area contributed by atoms with Gasteiger partial charge in [0.05, 0.1) is 0 Å². The van der Waals surface area contributed by atoms with Gasteiger partial charge in [0.15, 0.2) is 0 Å². The fraction of sp³-hybridized carbons (Fsp3) is 1.00. The molecule has 0 unspecified atom stereocenters. The van der Waals surface area contributed by atoms with E-state index in [0.717, 1.165) is 25.7 Å². The smallest absolute Gasteiger partial charge is 0.116 e. The molecule has 0 aromatic heterocycles. The van der Waals surface area contributed by atoms with E-state index in [-0.39, 0.29) is 5.41 Å². The molecule has 2 fully saturated rings. The third-order valence-corrected chi connectivity index (χ3v) is 2.77. The molecule has 2 aliphatic carbocycles. The van der Waals surface area contributed by atoms with Gasteiger partial charge in [0.2, 0.25) is 0 Å². The first-order valence-corrected chi connectivity index (χ1v) is 3.35. The van der Waals surface area contributed by atoms with Crippen molar-refractivity contribution in [3.05, 3.63) is 0 Å². The van der Waals surface area contributed by atoms with Crippen molar-refractivity contribution in [2.24, 2.45) is 5.41 Å². The Bertz CT molecular complexity index is 104. The van der Waals surface area contributed by atoms with Gasteiger partial charge in [-0.05, 0) is 25.7 Å². The Morgan fingerprint density at radius 2 is 1.62 bits per heavy atom. The molecule has 0 amide bonds. The maximum atomic E-state index is 13.1. The molecule has 2 saturated carbocycles. The molecule has 0 saturated heterocycles. The van der Waals surface area contributed by atoms with Crippen LogP contribution in [0.4, 0.5) is 4.39 Å². The summed E-state index contributed by atoms with van der Waals surface area (Å²) in [6.45, 7) is 2.07. The SMILES string of the molecule is CC1(C2(F)CC2)CC1. The van der Waals surface area contributed by atoms with E-state index in [1.54, 1.807) is 0 Å². The van der Waals surface area contributed by atoms with Gasteiger partial charge in [0.25, 0.3) is 0 Å². The molecular weight excluding hydrogens is 103 g/mol. The van der Waals surface area contributed by atoms with E-state index in [0.29, 0.717) is 0 Å². The zero-order valence-corrected chi connectivity index (χ0v) is 5.21. The van der Waals surface area contributed by atoms with E-state index >= 15 is 0 Å². The molecule has 0 aromatic rings. The second kappa shape index (κ2) is 0.960. The van der Waals surface area contributed by atoms with Crippen LogP contribution in [0.2, 0.25) is 0 Å². The first kappa shape index (κ1) is 4.78. The number of alkyl halides is 1. The van der Waals surface area contributed by atoms with Crippen molar-refractivity contribution in [3.8, 4) is 0 Å². The molecule has 0 heterocycles. The van der Waals surface area contributed by atoms with Crippen molar-refractivity contribution in [2.75, 3.05) is 0 Å². The highest BCUT2D eigenvalue weighted by Gasteiger charge is 2.63. The van der Waals surface area contributed by atoms with Crippen LogP contribution in [0.1, 0.15) is 32.6 Å². The molecule has 0 atom stereocenters. The van der Waals surface area contributed by atoms with Crippen LogP contribution < -0.4 is 0 Å². The third-order valence-electron chi connectivity index (χ3n) is 2.77. The second-order valence-corrected chi connectivity index (χ2v) is 3.53. The molecule has 0 aliphatic heterocycles. The van der Waals surface area contributed by atoms with Crippen LogP contribution >= 0.6 is 0 Å². The van der Waals surface area contributed by atoms with Crippen LogP contribution in [0.5, 0.6) is 0 Å². The Morgan fingerprint density at radius 3 is 1.75 bits per heavy atom. The van der Waals surface area contributed by atoms with E-state index in [1.165, 1.54) is 0 Å². The Balaban J connectivity index is 2.15. The average molecular weight is 114 g/mol. The fourth-order valence-electron chi connectivity index (χ4n) is 1.35. The highest BCUT2D eigenvalue weighted by molar-refractivity contribution is 5.13. The van der Waals surface area contributed by atoms with Crippen molar-refractivity contribution in [3.63, 3.8) is 0 Å². The molecule has 0 N–H and O–H groups in total. The standard InChI is InChI=1S/C7H11F/c1-6(2-3-6)7(8)4-5-7/h2-5H2,1H3. The van der Waals surface area contributed by atoms with Crippen molar-refractivity contribution in [2.45, 2.75) is 38.3 Å². The summed E-state index contributed by atoms with van der Waals surface area (Å²) < 4.78 is 13.1. The monoisotopic (exact) mass is 114 g/mol. The molecule has 2 aliphatic rings. The third kappa shape index (κ3) is 0.402. The summed E-state index contributed by atoms with van der Waals surface area (Å²) in [5.41, 5.74) is -0.569. The van der Waals surface area contributed by atoms with Crippen LogP contribution in [0.15, 0.2) is 0 Å². The van der Waals surface area contributed by atoms with Crippen LogP contribution in [0, 0.1) is 5.41 Å². The van der Waals surface area contributed by atoms with E-state index < -0.39 is 5.67 Å². The van der Waals surface area contributed by atoms with E-state index in [9.17, 15) is 4.39 Å². The fourth-order valence-corrected chi connectivity index (χ4v) is 1.35. The lowest BCUT2D eigenvalue weighted by Gasteiger charge is -2.10. The quantitative estimate of drug-likeness (QED) is 0.490. The van der Waals surface area contributed by atoms with E-state index in [1.807, 2.05) is 0 Å². The summed E-state index contributed by atoms with van der Waals surface area (Å²) in [6.07, 6.45) is 3.93. The van der Waals surface area contributed by atoms with Crippen molar-refractivity contribution in [1.82, 2.24) is 0 Å². The highest BCUT2D eigenvalue weighted by Crippen LogP contribution is 2.65. The van der Waals surface area contributed by atoms with Crippen LogP contribution in [-0.2, 0) is 0 Å². The van der Waals surface area contributed by atoms with Crippen LogP contribution in [-0.4, -0.2) is 5.67 Å². The number of halogens is 1. The lowest BCUT2D eigenvalue weighted by Crippen LogP contribution is -2.13. The Kier molecular flexibility index (Phi) is 0.573. The van der Waals surface area contributed by atoms with E-state index in [4.69, 9.17) is 0 Å². The van der Waals surface area contributed by atoms with Crippen LogP contribution in [0.3, 0.4) is 0 Å². The summed E-state index contributed by atoms with van der Waals surface area (Å²) in [6, 6.07) is 0. The number of rotatable bonds is 1. The second-order valence-electron chi connectivity index (χ2n) is 3.53. The normalized spacial score (nSPS) is 36.8. The maximum absolute atomic E-state index is 13.1. The summed E-state index contributed by atoms with van der Waals surface area (Å²) in [5, 5.41) is 0. The maximum Gasteiger partial charge on any atom is 0.116 e. The largest absolute Gasteiger partial charge is 0.243 e. The van der Waals surface area contributed by atoms with Gasteiger partial charge in [0.1, 0.15) is 5.67 Å². The predicted molar refractivity (Wildman–Crippen MR) is 30.4 cm³/mol. The molecular formula is C7H11F. The molecule has 1 heteroatoms. The molecule has 0 nitrogen and oxygen atoms in total. The minimum absolute atomic E-state index is 0.132. The zero-order chi connectivity index (χ0) is 5.83. The van der Waals surface area contributed by atoms with Crippen LogP contribution in [0.25, 0.3) is 0 Å². The molecule has 8 heavy (non-hydrogen) atoms. The van der Waals surface area contributed by atoms with Gasteiger partial charge in [-0.15, -0.1) is 0 Å². The van der Waals surface area contributed by atoms with Gasteiger partial charge >= 0.3 is 0 Å². The number of hydrogen-bond acceptors (Lipinski definition) is 0. The van der Waals surface area contributed by atoms with Gasteiger partial charge in [-0.1, -0.05) is 6.92 Å². The Labute approximate surface area is 49.1 Å². The predicted octanol–water partition coefficient (Wildman–Crippen LogP) is 2.29. The van der Waals surface area contributed by atoms with Crippen molar-refractivity contribution in [1.29, 1.82) is 0 Å². The molecule has 46 valence electrons. The minimum atomic E-state index is -0.701. The first-order valence-electron chi connectivity index (χ1n) is 3.35. The molecule has 2 rings (SSSR count). The highest BCUT2D eigenvalue weighted by atomic mass is 19.1.